The van der Waals surface area contributed by atoms with Crippen LogP contribution in [0.15, 0.2) is 47.8 Å². The maximum Gasteiger partial charge on any atom is 0.272 e. The van der Waals surface area contributed by atoms with Crippen LogP contribution in [0.3, 0.4) is 0 Å². The zero-order chi connectivity index (χ0) is 14.5. The molecule has 0 aliphatic carbocycles. The summed E-state index contributed by atoms with van der Waals surface area (Å²) in [5.74, 6) is -0.640. The lowest BCUT2D eigenvalue weighted by atomic mass is 10.1. The average Bonchev–Trinajstić information content (AvgIpc) is 2.45. The quantitative estimate of drug-likeness (QED) is 0.689. The van der Waals surface area contributed by atoms with Gasteiger partial charge in [-0.2, -0.15) is 5.10 Å². The molecule has 0 atom stereocenters. The summed E-state index contributed by atoms with van der Waals surface area (Å²) in [4.78, 5) is 15.8. The molecule has 1 heterocycles. The van der Waals surface area contributed by atoms with Crippen molar-refractivity contribution in [3.05, 3.63) is 65.2 Å². The first-order chi connectivity index (χ1) is 9.56. The molecule has 0 saturated carbocycles. The van der Waals surface area contributed by atoms with E-state index in [1.54, 1.807) is 31.3 Å². The van der Waals surface area contributed by atoms with Crippen molar-refractivity contribution < 1.29 is 9.18 Å². The minimum atomic E-state index is -0.331. The summed E-state index contributed by atoms with van der Waals surface area (Å²) in [6.07, 6.45) is 3.15. The highest BCUT2D eigenvalue weighted by Gasteiger charge is 2.05. The van der Waals surface area contributed by atoms with Gasteiger partial charge in [0, 0.05) is 12.4 Å². The van der Waals surface area contributed by atoms with E-state index in [-0.39, 0.29) is 11.7 Å². The monoisotopic (exact) mass is 271 g/mol. The first-order valence-corrected chi connectivity index (χ1v) is 6.08. The second kappa shape index (κ2) is 6.06. The van der Waals surface area contributed by atoms with Crippen LogP contribution in [0.5, 0.6) is 0 Å². The molecule has 1 aromatic carbocycles. The lowest BCUT2D eigenvalue weighted by molar-refractivity contribution is 0.0954. The van der Waals surface area contributed by atoms with E-state index >= 15 is 0 Å². The number of hydrazone groups is 1. The van der Waals surface area contributed by atoms with Crippen LogP contribution in [0.1, 0.15) is 28.4 Å². The Bertz CT molecular complexity index is 650. The van der Waals surface area contributed by atoms with E-state index in [4.69, 9.17) is 0 Å². The number of carbonyl (C=O) groups excluding carboxylic acids is 1. The Morgan fingerprint density at radius 3 is 2.55 bits per heavy atom. The van der Waals surface area contributed by atoms with Gasteiger partial charge in [0.1, 0.15) is 5.82 Å². The molecular weight excluding hydrogens is 257 g/mol. The summed E-state index contributed by atoms with van der Waals surface area (Å²) in [5.41, 5.74) is 5.14. The summed E-state index contributed by atoms with van der Waals surface area (Å²) in [6, 6.07) is 7.63. The molecule has 1 amide bonds. The first-order valence-electron chi connectivity index (χ1n) is 6.08. The molecular formula is C15H14FN3O. The number of aromatic nitrogens is 1. The fourth-order valence-electron chi connectivity index (χ4n) is 1.63. The second-order valence-electron chi connectivity index (χ2n) is 4.40. The van der Waals surface area contributed by atoms with E-state index in [2.05, 4.69) is 15.5 Å². The van der Waals surface area contributed by atoms with Crippen molar-refractivity contribution in [3.8, 4) is 0 Å². The second-order valence-corrected chi connectivity index (χ2v) is 4.40. The summed E-state index contributed by atoms with van der Waals surface area (Å²) < 4.78 is 12.8. The number of amides is 1. The maximum absolute atomic E-state index is 12.8. The highest BCUT2D eigenvalue weighted by molar-refractivity contribution is 6.00. The zero-order valence-corrected chi connectivity index (χ0v) is 11.2. The molecule has 0 radical (unpaired) electrons. The number of halogens is 1. The minimum absolute atomic E-state index is 0.309. The van der Waals surface area contributed by atoms with Crippen molar-refractivity contribution >= 4 is 11.6 Å². The number of nitrogens with one attached hydrogen (secondary N) is 1. The van der Waals surface area contributed by atoms with Crippen LogP contribution in [0.4, 0.5) is 4.39 Å². The van der Waals surface area contributed by atoms with Gasteiger partial charge in [-0.15, -0.1) is 0 Å². The van der Waals surface area contributed by atoms with Crippen LogP contribution < -0.4 is 5.43 Å². The van der Waals surface area contributed by atoms with Crippen molar-refractivity contribution in [2.24, 2.45) is 5.10 Å². The van der Waals surface area contributed by atoms with Crippen LogP contribution in [0, 0.1) is 12.7 Å². The molecule has 4 nitrogen and oxygen atoms in total. The van der Waals surface area contributed by atoms with Crippen LogP contribution in [0.2, 0.25) is 0 Å². The van der Waals surface area contributed by atoms with E-state index in [1.807, 2.05) is 6.92 Å². The van der Waals surface area contributed by atoms with Gasteiger partial charge in [-0.3, -0.25) is 9.78 Å². The van der Waals surface area contributed by atoms with Gasteiger partial charge in [0.25, 0.3) is 5.91 Å². The lowest BCUT2D eigenvalue weighted by Gasteiger charge is -2.03. The summed E-state index contributed by atoms with van der Waals surface area (Å²) in [5, 5.41) is 4.00. The number of hydrogen-bond donors (Lipinski definition) is 1. The number of benzene rings is 1. The number of rotatable bonds is 3. The van der Waals surface area contributed by atoms with Crippen LogP contribution in [-0.2, 0) is 0 Å². The van der Waals surface area contributed by atoms with E-state index in [9.17, 15) is 9.18 Å². The van der Waals surface area contributed by atoms with Gasteiger partial charge in [0.05, 0.1) is 11.3 Å². The number of hydrogen-bond acceptors (Lipinski definition) is 3. The normalized spacial score (nSPS) is 11.2. The molecule has 5 heteroatoms. The van der Waals surface area contributed by atoms with Gasteiger partial charge in [-0.1, -0.05) is 12.1 Å². The van der Waals surface area contributed by atoms with Gasteiger partial charge in [-0.05, 0) is 43.2 Å². The highest BCUT2D eigenvalue weighted by atomic mass is 19.1. The van der Waals surface area contributed by atoms with Crippen molar-refractivity contribution in [1.29, 1.82) is 0 Å². The molecule has 102 valence electrons. The Kier molecular flexibility index (Phi) is 4.20. The van der Waals surface area contributed by atoms with Gasteiger partial charge in [-0.25, -0.2) is 9.82 Å². The molecule has 0 spiro atoms. The standard InChI is InChI=1S/C15H14FN3O/c1-10-7-13(9-17-8-10)15(20)19-18-11(2)12-3-5-14(16)6-4-12/h3-9H,1-2H3,(H,19,20)/b18-11+. The molecule has 20 heavy (non-hydrogen) atoms. The average molecular weight is 271 g/mol. The third-order valence-electron chi connectivity index (χ3n) is 2.72. The zero-order valence-electron chi connectivity index (χ0n) is 11.2. The number of aryl methyl sites for hydroxylation is 1. The predicted octanol–water partition coefficient (Wildman–Crippen LogP) is 2.68. The molecule has 2 rings (SSSR count). The summed E-state index contributed by atoms with van der Waals surface area (Å²) in [7, 11) is 0. The molecule has 0 unspecified atom stereocenters. The third-order valence-corrected chi connectivity index (χ3v) is 2.72. The van der Waals surface area contributed by atoms with Gasteiger partial charge in [0.2, 0.25) is 0 Å². The fourth-order valence-corrected chi connectivity index (χ4v) is 1.63. The number of pyridine rings is 1. The highest BCUT2D eigenvalue weighted by Crippen LogP contribution is 2.04. The van der Waals surface area contributed by atoms with Crippen LogP contribution in [-0.4, -0.2) is 16.6 Å². The molecule has 2 aromatic rings. The van der Waals surface area contributed by atoms with Crippen molar-refractivity contribution in [3.63, 3.8) is 0 Å². The Hall–Kier alpha value is -2.56. The van der Waals surface area contributed by atoms with Crippen LogP contribution >= 0.6 is 0 Å². The maximum atomic E-state index is 12.8. The molecule has 0 aliphatic heterocycles. The largest absolute Gasteiger partial charge is 0.272 e. The minimum Gasteiger partial charge on any atom is -0.267 e. The predicted molar refractivity (Wildman–Crippen MR) is 75.1 cm³/mol. The van der Waals surface area contributed by atoms with Crippen molar-refractivity contribution in [1.82, 2.24) is 10.4 Å². The molecule has 1 N–H and O–H groups in total. The molecule has 0 aliphatic rings. The van der Waals surface area contributed by atoms with Gasteiger partial charge in [0.15, 0.2) is 0 Å². The molecule has 0 saturated heterocycles. The topological polar surface area (TPSA) is 54.4 Å². The van der Waals surface area contributed by atoms with Crippen molar-refractivity contribution in [2.75, 3.05) is 0 Å². The van der Waals surface area contributed by atoms with E-state index in [0.29, 0.717) is 11.3 Å². The van der Waals surface area contributed by atoms with Gasteiger partial charge >= 0.3 is 0 Å². The van der Waals surface area contributed by atoms with E-state index in [1.165, 1.54) is 18.3 Å². The number of nitrogens with zero attached hydrogens (tertiary/aromatic N) is 2. The molecule has 0 fully saturated rings. The summed E-state index contributed by atoms with van der Waals surface area (Å²) >= 11 is 0. The summed E-state index contributed by atoms with van der Waals surface area (Å²) in [6.45, 7) is 3.60. The fraction of sp³-hybridized carbons (Fsp3) is 0.133. The Balaban J connectivity index is 2.08. The number of carbonyl (C=O) groups is 1. The SMILES string of the molecule is C/C(=N\NC(=O)c1cncc(C)c1)c1ccc(F)cc1. The van der Waals surface area contributed by atoms with Crippen molar-refractivity contribution in [2.45, 2.75) is 13.8 Å². The Morgan fingerprint density at radius 2 is 1.90 bits per heavy atom. The van der Waals surface area contributed by atoms with E-state index in [0.717, 1.165) is 11.1 Å². The first kappa shape index (κ1) is 13.9. The van der Waals surface area contributed by atoms with E-state index < -0.39 is 0 Å². The van der Waals surface area contributed by atoms with Gasteiger partial charge < -0.3 is 0 Å². The Morgan fingerprint density at radius 1 is 1.20 bits per heavy atom. The third kappa shape index (κ3) is 3.47. The smallest absolute Gasteiger partial charge is 0.267 e. The Labute approximate surface area is 116 Å². The molecule has 1 aromatic heterocycles. The molecule has 0 bridgehead atoms. The van der Waals surface area contributed by atoms with Crippen LogP contribution in [0.25, 0.3) is 0 Å². The lowest BCUT2D eigenvalue weighted by Crippen LogP contribution is -2.19.